The summed E-state index contributed by atoms with van der Waals surface area (Å²) in [5.41, 5.74) is 3.28. The first-order chi connectivity index (χ1) is 13.2. The van der Waals surface area contributed by atoms with E-state index in [0.29, 0.717) is 29.6 Å². The van der Waals surface area contributed by atoms with E-state index in [1.54, 1.807) is 6.07 Å². The van der Waals surface area contributed by atoms with Crippen molar-refractivity contribution in [2.45, 2.75) is 13.5 Å². The molecule has 7 heteroatoms. The van der Waals surface area contributed by atoms with Gasteiger partial charge in [0.25, 0.3) is 5.91 Å². The number of rotatable bonds is 5. The van der Waals surface area contributed by atoms with Gasteiger partial charge in [0.15, 0.2) is 11.5 Å². The fraction of sp³-hybridized carbons (Fsp3) is 0.150. The predicted octanol–water partition coefficient (Wildman–Crippen LogP) is 3.19. The Labute approximate surface area is 156 Å². The quantitative estimate of drug-likeness (QED) is 0.725. The lowest BCUT2D eigenvalue weighted by Gasteiger charge is -2.08. The molecule has 1 aromatic heterocycles. The Morgan fingerprint density at radius 1 is 1.04 bits per heavy atom. The average molecular weight is 362 g/mol. The van der Waals surface area contributed by atoms with Gasteiger partial charge in [-0.25, -0.2) is 9.97 Å². The zero-order valence-corrected chi connectivity index (χ0v) is 14.7. The number of hydrogen-bond donors (Lipinski definition) is 2. The molecule has 136 valence electrons. The highest BCUT2D eigenvalue weighted by Crippen LogP contribution is 2.34. The number of hydrogen-bond acceptors (Lipinski definition) is 6. The maximum absolute atomic E-state index is 12.4. The van der Waals surface area contributed by atoms with Crippen molar-refractivity contribution >= 4 is 17.4 Å². The molecule has 3 aromatic rings. The Bertz CT molecular complexity index is 973. The van der Waals surface area contributed by atoms with E-state index in [1.165, 1.54) is 11.9 Å². The van der Waals surface area contributed by atoms with Crippen molar-refractivity contribution < 1.29 is 14.3 Å². The fourth-order valence-corrected chi connectivity index (χ4v) is 2.65. The van der Waals surface area contributed by atoms with E-state index in [4.69, 9.17) is 9.47 Å². The van der Waals surface area contributed by atoms with Gasteiger partial charge in [0.05, 0.1) is 0 Å². The van der Waals surface area contributed by atoms with Gasteiger partial charge in [-0.05, 0) is 24.6 Å². The molecule has 0 saturated heterocycles. The lowest BCUT2D eigenvalue weighted by atomic mass is 10.1. The van der Waals surface area contributed by atoms with Crippen LogP contribution in [0.2, 0.25) is 0 Å². The summed E-state index contributed by atoms with van der Waals surface area (Å²) in [6.07, 6.45) is 1.36. The van der Waals surface area contributed by atoms with Crippen LogP contribution in [0.25, 0.3) is 0 Å². The van der Waals surface area contributed by atoms with Crippen LogP contribution in [0.3, 0.4) is 0 Å². The van der Waals surface area contributed by atoms with Crippen LogP contribution in [0.4, 0.5) is 11.5 Å². The van der Waals surface area contributed by atoms with Gasteiger partial charge >= 0.3 is 0 Å². The van der Waals surface area contributed by atoms with Crippen LogP contribution in [0.5, 0.6) is 11.5 Å². The normalized spacial score (nSPS) is 11.9. The zero-order valence-electron chi connectivity index (χ0n) is 14.7. The first-order valence-electron chi connectivity index (χ1n) is 8.50. The number of amides is 1. The monoisotopic (exact) mass is 362 g/mol. The molecule has 27 heavy (non-hydrogen) atoms. The van der Waals surface area contributed by atoms with Crippen LogP contribution in [0.1, 0.15) is 21.6 Å². The largest absolute Gasteiger partial charge is 0.454 e. The third-order valence-corrected chi connectivity index (χ3v) is 4.12. The highest BCUT2D eigenvalue weighted by Gasteiger charge is 2.14. The molecule has 1 aliphatic rings. The van der Waals surface area contributed by atoms with Crippen molar-refractivity contribution in [2.75, 3.05) is 12.1 Å². The topological polar surface area (TPSA) is 85.4 Å². The third-order valence-electron chi connectivity index (χ3n) is 4.12. The SMILES string of the molecule is Cc1ccc(CNC(=O)c2cc(Nc3ccc4c(c3)OCO4)ncn2)cc1. The van der Waals surface area contributed by atoms with Crippen molar-refractivity contribution in [3.63, 3.8) is 0 Å². The van der Waals surface area contributed by atoms with Crippen LogP contribution in [-0.2, 0) is 6.54 Å². The van der Waals surface area contributed by atoms with Crippen molar-refractivity contribution in [2.24, 2.45) is 0 Å². The summed E-state index contributed by atoms with van der Waals surface area (Å²) in [6.45, 7) is 2.68. The molecule has 0 fully saturated rings. The Morgan fingerprint density at radius 3 is 2.70 bits per heavy atom. The number of anilines is 2. The number of carbonyl (C=O) groups excluding carboxylic acids is 1. The van der Waals surface area contributed by atoms with E-state index < -0.39 is 0 Å². The molecule has 2 N–H and O–H groups in total. The van der Waals surface area contributed by atoms with Gasteiger partial charge in [-0.2, -0.15) is 0 Å². The highest BCUT2D eigenvalue weighted by molar-refractivity contribution is 5.92. The number of nitrogens with one attached hydrogen (secondary N) is 2. The second kappa shape index (κ2) is 7.33. The van der Waals surface area contributed by atoms with Crippen molar-refractivity contribution in [3.8, 4) is 11.5 Å². The van der Waals surface area contributed by atoms with E-state index in [9.17, 15) is 4.79 Å². The molecule has 0 saturated carbocycles. The number of ether oxygens (including phenoxy) is 2. The molecule has 7 nitrogen and oxygen atoms in total. The van der Waals surface area contributed by atoms with Crippen LogP contribution >= 0.6 is 0 Å². The molecule has 0 atom stereocenters. The van der Waals surface area contributed by atoms with Gasteiger partial charge in [0.2, 0.25) is 6.79 Å². The predicted molar refractivity (Wildman–Crippen MR) is 100 cm³/mol. The van der Waals surface area contributed by atoms with E-state index in [0.717, 1.165) is 11.3 Å². The number of benzene rings is 2. The number of aromatic nitrogens is 2. The van der Waals surface area contributed by atoms with Crippen molar-refractivity contribution in [3.05, 3.63) is 71.7 Å². The Kier molecular flexibility index (Phi) is 4.57. The molecular weight excluding hydrogens is 344 g/mol. The van der Waals surface area contributed by atoms with Gasteiger partial charge in [-0.15, -0.1) is 0 Å². The summed E-state index contributed by atoms with van der Waals surface area (Å²) in [4.78, 5) is 20.6. The molecule has 2 aromatic carbocycles. The van der Waals surface area contributed by atoms with Crippen LogP contribution in [0, 0.1) is 6.92 Å². The molecule has 1 amide bonds. The number of aryl methyl sites for hydroxylation is 1. The molecule has 1 aliphatic heterocycles. The lowest BCUT2D eigenvalue weighted by molar-refractivity contribution is 0.0946. The van der Waals surface area contributed by atoms with Crippen LogP contribution in [-0.4, -0.2) is 22.7 Å². The maximum atomic E-state index is 12.4. The summed E-state index contributed by atoms with van der Waals surface area (Å²) < 4.78 is 10.7. The van der Waals surface area contributed by atoms with E-state index in [-0.39, 0.29) is 12.7 Å². The fourth-order valence-electron chi connectivity index (χ4n) is 2.65. The number of nitrogens with zero attached hydrogens (tertiary/aromatic N) is 2. The molecule has 0 bridgehead atoms. The molecule has 0 aliphatic carbocycles. The molecule has 0 radical (unpaired) electrons. The van der Waals surface area contributed by atoms with Crippen LogP contribution in [0.15, 0.2) is 54.9 Å². The summed E-state index contributed by atoms with van der Waals surface area (Å²) in [5, 5.41) is 6.01. The summed E-state index contributed by atoms with van der Waals surface area (Å²) in [5.74, 6) is 1.64. The first kappa shape index (κ1) is 16.8. The maximum Gasteiger partial charge on any atom is 0.270 e. The van der Waals surface area contributed by atoms with Gasteiger partial charge in [-0.3, -0.25) is 4.79 Å². The standard InChI is InChI=1S/C20H18N4O3/c1-13-2-4-14(5-3-13)10-21-20(25)16-9-19(23-11-22-16)24-15-6-7-17-18(8-15)27-12-26-17/h2-9,11H,10,12H2,1H3,(H,21,25)(H,22,23,24). The van der Waals surface area contributed by atoms with Crippen LogP contribution < -0.4 is 20.1 Å². The van der Waals surface area contributed by atoms with Gasteiger partial charge in [0.1, 0.15) is 17.8 Å². The Balaban J connectivity index is 1.42. The Hall–Kier alpha value is -3.61. The van der Waals surface area contributed by atoms with Crippen molar-refractivity contribution in [1.82, 2.24) is 15.3 Å². The van der Waals surface area contributed by atoms with Gasteiger partial charge in [-0.1, -0.05) is 29.8 Å². The first-order valence-corrected chi connectivity index (χ1v) is 8.50. The van der Waals surface area contributed by atoms with E-state index >= 15 is 0 Å². The molecule has 0 spiro atoms. The Morgan fingerprint density at radius 2 is 1.85 bits per heavy atom. The summed E-state index contributed by atoms with van der Waals surface area (Å²) in [6, 6.07) is 15.1. The smallest absolute Gasteiger partial charge is 0.270 e. The molecule has 4 rings (SSSR count). The second-order valence-electron chi connectivity index (χ2n) is 6.15. The number of carbonyl (C=O) groups is 1. The average Bonchev–Trinajstić information content (AvgIpc) is 3.15. The molecule has 0 unspecified atom stereocenters. The van der Waals surface area contributed by atoms with Gasteiger partial charge in [0, 0.05) is 24.4 Å². The minimum Gasteiger partial charge on any atom is -0.454 e. The van der Waals surface area contributed by atoms with E-state index in [1.807, 2.05) is 49.4 Å². The minimum atomic E-state index is -0.258. The minimum absolute atomic E-state index is 0.220. The molecular formula is C20H18N4O3. The van der Waals surface area contributed by atoms with Crippen molar-refractivity contribution in [1.29, 1.82) is 0 Å². The third kappa shape index (κ3) is 3.98. The highest BCUT2D eigenvalue weighted by atomic mass is 16.7. The summed E-state index contributed by atoms with van der Waals surface area (Å²) >= 11 is 0. The summed E-state index contributed by atoms with van der Waals surface area (Å²) in [7, 11) is 0. The second-order valence-corrected chi connectivity index (χ2v) is 6.15. The van der Waals surface area contributed by atoms with E-state index in [2.05, 4.69) is 20.6 Å². The lowest BCUT2D eigenvalue weighted by Crippen LogP contribution is -2.24. The number of fused-ring (bicyclic) bond motifs is 1. The van der Waals surface area contributed by atoms with Gasteiger partial charge < -0.3 is 20.1 Å². The molecule has 2 heterocycles. The zero-order chi connectivity index (χ0) is 18.6.